The van der Waals surface area contributed by atoms with Gasteiger partial charge in [0.25, 0.3) is 15.9 Å². The summed E-state index contributed by atoms with van der Waals surface area (Å²) in [5.41, 5.74) is 1.62. The molecule has 1 aliphatic heterocycles. The van der Waals surface area contributed by atoms with Crippen molar-refractivity contribution in [2.75, 3.05) is 6.54 Å². The van der Waals surface area contributed by atoms with E-state index in [0.29, 0.717) is 18.4 Å². The van der Waals surface area contributed by atoms with Crippen LogP contribution in [0.3, 0.4) is 0 Å². The molecule has 1 aromatic rings. The van der Waals surface area contributed by atoms with E-state index >= 15 is 0 Å². The number of allylic oxidation sites excluding steroid dienone is 1. The predicted octanol–water partition coefficient (Wildman–Crippen LogP) is 3.67. The van der Waals surface area contributed by atoms with Gasteiger partial charge in [-0.15, -0.1) is 0 Å². The number of carbonyl (C=O) groups is 1. The molecule has 0 fully saturated rings. The maximum Gasteiger partial charge on any atom is 0.266 e. The second-order valence-corrected chi connectivity index (χ2v) is 8.12. The summed E-state index contributed by atoms with van der Waals surface area (Å²) in [6, 6.07) is 6.65. The minimum Gasteiger partial charge on any atom is -0.268 e. The molecule has 0 saturated heterocycles. The van der Waals surface area contributed by atoms with Gasteiger partial charge >= 0.3 is 0 Å². The largest absolute Gasteiger partial charge is 0.268 e. The first-order valence-electron chi connectivity index (χ1n) is 8.20. The Kier molecular flexibility index (Phi) is 5.63. The fourth-order valence-electron chi connectivity index (χ4n) is 2.70. The molecule has 0 N–H and O–H groups in total. The Morgan fingerprint density at radius 2 is 1.87 bits per heavy atom. The van der Waals surface area contributed by atoms with Crippen LogP contribution in [0.15, 0.2) is 40.8 Å². The highest BCUT2D eigenvalue weighted by Gasteiger charge is 2.32. The summed E-state index contributed by atoms with van der Waals surface area (Å²) in [4.78, 5) is 12.9. The average molecular weight is 335 g/mol. The van der Waals surface area contributed by atoms with Crippen LogP contribution in [0.25, 0.3) is 0 Å². The minimum atomic E-state index is -3.79. The lowest BCUT2D eigenvalue weighted by Gasteiger charge is -2.22. The molecular weight excluding hydrogens is 310 g/mol. The van der Waals surface area contributed by atoms with E-state index in [4.69, 9.17) is 0 Å². The topological polar surface area (TPSA) is 54.5 Å². The molecule has 1 aliphatic rings. The highest BCUT2D eigenvalue weighted by Crippen LogP contribution is 2.26. The highest BCUT2D eigenvalue weighted by atomic mass is 32.2. The second-order valence-electron chi connectivity index (χ2n) is 6.26. The van der Waals surface area contributed by atoms with Crippen LogP contribution in [0.5, 0.6) is 0 Å². The number of aryl methyl sites for hydroxylation is 1. The van der Waals surface area contributed by atoms with Gasteiger partial charge in [-0.05, 0) is 44.2 Å². The summed E-state index contributed by atoms with van der Waals surface area (Å²) in [6.45, 7) is 6.23. The van der Waals surface area contributed by atoms with E-state index < -0.39 is 10.0 Å². The van der Waals surface area contributed by atoms with Crippen molar-refractivity contribution in [3.05, 3.63) is 41.5 Å². The molecule has 0 radical (unpaired) electrons. The molecule has 23 heavy (non-hydrogen) atoms. The summed E-state index contributed by atoms with van der Waals surface area (Å²) < 4.78 is 26.8. The van der Waals surface area contributed by atoms with E-state index in [1.54, 1.807) is 24.3 Å². The second kappa shape index (κ2) is 7.30. The van der Waals surface area contributed by atoms with Gasteiger partial charge in [0.15, 0.2) is 0 Å². The van der Waals surface area contributed by atoms with Gasteiger partial charge in [0.1, 0.15) is 0 Å². The smallest absolute Gasteiger partial charge is 0.266 e. The maximum absolute atomic E-state index is 12.9. The summed E-state index contributed by atoms with van der Waals surface area (Å²) in [6.07, 6.45) is 5.11. The van der Waals surface area contributed by atoms with Crippen LogP contribution in [0, 0.1) is 12.8 Å². The van der Waals surface area contributed by atoms with Crippen molar-refractivity contribution in [3.8, 4) is 0 Å². The first kappa shape index (κ1) is 17.7. The van der Waals surface area contributed by atoms with Gasteiger partial charge in [0, 0.05) is 12.1 Å². The van der Waals surface area contributed by atoms with E-state index in [2.05, 4.69) is 6.92 Å². The molecule has 0 bridgehead atoms. The quantitative estimate of drug-likeness (QED) is 0.825. The van der Waals surface area contributed by atoms with E-state index in [1.807, 2.05) is 19.9 Å². The Hall–Kier alpha value is -1.62. The average Bonchev–Trinajstić information content (AvgIpc) is 2.65. The molecular formula is C18H25NO3S. The third kappa shape index (κ3) is 4.02. The molecule has 1 heterocycles. The molecule has 0 spiro atoms. The van der Waals surface area contributed by atoms with Crippen molar-refractivity contribution in [2.24, 2.45) is 5.92 Å². The Morgan fingerprint density at radius 3 is 2.48 bits per heavy atom. The van der Waals surface area contributed by atoms with Crippen molar-refractivity contribution in [2.45, 2.75) is 51.3 Å². The van der Waals surface area contributed by atoms with E-state index in [1.165, 1.54) is 0 Å². The molecule has 2 rings (SSSR count). The van der Waals surface area contributed by atoms with E-state index in [9.17, 15) is 13.2 Å². The van der Waals surface area contributed by atoms with Crippen LogP contribution in [0.2, 0.25) is 0 Å². The zero-order chi connectivity index (χ0) is 17.0. The molecule has 1 atom stereocenters. The summed E-state index contributed by atoms with van der Waals surface area (Å²) >= 11 is 0. The Labute approximate surface area is 139 Å². The Morgan fingerprint density at radius 1 is 1.22 bits per heavy atom. The maximum atomic E-state index is 12.9. The Balaban J connectivity index is 2.35. The lowest BCUT2D eigenvalue weighted by atomic mass is 10.0. The summed E-state index contributed by atoms with van der Waals surface area (Å²) in [7, 11) is -3.79. The molecule has 0 aliphatic carbocycles. The number of sulfonamides is 1. The molecule has 0 aromatic heterocycles. The van der Waals surface area contributed by atoms with Crippen molar-refractivity contribution in [1.29, 1.82) is 0 Å². The number of nitrogens with zero attached hydrogens (tertiary/aromatic N) is 1. The number of carbonyl (C=O) groups excluding carboxylic acids is 1. The van der Waals surface area contributed by atoms with Crippen molar-refractivity contribution in [1.82, 2.24) is 4.31 Å². The van der Waals surface area contributed by atoms with Crippen molar-refractivity contribution >= 4 is 15.9 Å². The highest BCUT2D eigenvalue weighted by molar-refractivity contribution is 7.89. The summed E-state index contributed by atoms with van der Waals surface area (Å²) in [5.74, 6) is -0.146. The van der Waals surface area contributed by atoms with Gasteiger partial charge in [0.05, 0.1) is 4.90 Å². The van der Waals surface area contributed by atoms with Crippen LogP contribution in [0.4, 0.5) is 0 Å². The zero-order valence-electron chi connectivity index (χ0n) is 14.1. The normalized spacial score (nSPS) is 19.4. The number of rotatable bonds is 5. The zero-order valence-corrected chi connectivity index (χ0v) is 14.9. The number of benzene rings is 1. The molecule has 4 nitrogen and oxygen atoms in total. The number of hydrogen-bond donors (Lipinski definition) is 0. The van der Waals surface area contributed by atoms with Gasteiger partial charge in [-0.25, -0.2) is 12.7 Å². The van der Waals surface area contributed by atoms with E-state index in [0.717, 1.165) is 22.7 Å². The summed E-state index contributed by atoms with van der Waals surface area (Å²) in [5, 5.41) is 0. The van der Waals surface area contributed by atoms with Gasteiger partial charge in [-0.3, -0.25) is 4.79 Å². The van der Waals surface area contributed by atoms with Gasteiger partial charge in [-0.1, -0.05) is 44.0 Å². The minimum absolute atomic E-state index is 0.181. The fraction of sp³-hybridized carbons (Fsp3) is 0.500. The first-order chi connectivity index (χ1) is 10.9. The van der Waals surface area contributed by atoms with Crippen LogP contribution in [0.1, 0.15) is 45.1 Å². The van der Waals surface area contributed by atoms with Crippen molar-refractivity contribution in [3.63, 3.8) is 0 Å². The molecule has 1 unspecified atom stereocenters. The fourth-order valence-corrected chi connectivity index (χ4v) is 4.12. The van der Waals surface area contributed by atoms with Gasteiger partial charge in [0.2, 0.25) is 0 Å². The number of amides is 1. The Bertz CT molecular complexity index is 689. The van der Waals surface area contributed by atoms with Crippen LogP contribution in [-0.2, 0) is 14.8 Å². The first-order valence-corrected chi connectivity index (χ1v) is 9.64. The van der Waals surface area contributed by atoms with E-state index in [-0.39, 0.29) is 23.3 Å². The number of hydrogen-bond acceptors (Lipinski definition) is 3. The lowest BCUT2D eigenvalue weighted by molar-refractivity contribution is -0.122. The molecule has 5 heteroatoms. The molecule has 0 saturated carbocycles. The monoisotopic (exact) mass is 335 g/mol. The molecule has 1 amide bonds. The molecule has 1 aromatic carbocycles. The lowest BCUT2D eigenvalue weighted by Crippen LogP contribution is -2.37. The van der Waals surface area contributed by atoms with Crippen LogP contribution < -0.4 is 0 Å². The number of unbranched alkanes of at least 4 members (excludes halogenated alkanes) is 1. The van der Waals surface area contributed by atoms with Gasteiger partial charge < -0.3 is 0 Å². The third-order valence-corrected chi connectivity index (χ3v) is 5.98. The standard InChI is InChI=1S/C18H25NO3S/c1-4-5-6-16-13-15(3)11-12-19(18(16)20)23(21,22)17-9-7-14(2)8-10-17/h7-10,13,15H,4-6,11-12H2,1-3H3. The SMILES string of the molecule is CCCCC1=CC(C)CCN(S(=O)(=O)c2ccc(C)cc2)C1=O. The van der Waals surface area contributed by atoms with Gasteiger partial charge in [-0.2, -0.15) is 0 Å². The van der Waals surface area contributed by atoms with Crippen molar-refractivity contribution < 1.29 is 13.2 Å². The third-order valence-electron chi connectivity index (χ3n) is 4.18. The van der Waals surface area contributed by atoms with Crippen LogP contribution >= 0.6 is 0 Å². The predicted molar refractivity (Wildman–Crippen MR) is 91.5 cm³/mol. The molecule has 126 valence electrons. The van der Waals surface area contributed by atoms with Crippen LogP contribution in [-0.4, -0.2) is 25.2 Å².